The fraction of sp³-hybridized carbons (Fsp3) is 0.273. The number of hydrogen-bond acceptors (Lipinski definition) is 3. The van der Waals surface area contributed by atoms with Crippen molar-refractivity contribution in [3.8, 4) is 11.4 Å². The quantitative estimate of drug-likeness (QED) is 0.733. The number of carbonyl (C=O) groups is 1. The number of nitrogens with one attached hydrogen (secondary N) is 1. The minimum absolute atomic E-state index is 0.0725. The summed E-state index contributed by atoms with van der Waals surface area (Å²) >= 11 is 0. The minimum atomic E-state index is 0.0725. The molecule has 3 aromatic rings. The van der Waals surface area contributed by atoms with E-state index in [0.29, 0.717) is 11.5 Å². The Morgan fingerprint density at radius 1 is 1.19 bits per heavy atom. The van der Waals surface area contributed by atoms with Gasteiger partial charge in [0.15, 0.2) is 0 Å². The topological polar surface area (TPSA) is 69.2 Å². The number of aromatic amines is 1. The van der Waals surface area contributed by atoms with E-state index in [1.807, 2.05) is 41.3 Å². The number of hydrogen-bond donors (Lipinski definition) is 2. The monoisotopic (exact) mass is 361 g/mol. The molecular formula is C22H23N3O2. The van der Waals surface area contributed by atoms with Gasteiger partial charge in [0.2, 0.25) is 0 Å². The van der Waals surface area contributed by atoms with Gasteiger partial charge in [0.25, 0.3) is 5.91 Å². The molecule has 1 amide bonds. The zero-order chi connectivity index (χ0) is 18.6. The van der Waals surface area contributed by atoms with E-state index >= 15 is 0 Å². The normalized spacial score (nSPS) is 16.6. The minimum Gasteiger partial charge on any atom is -0.392 e. The Morgan fingerprint density at radius 3 is 2.74 bits per heavy atom. The first-order valence-electron chi connectivity index (χ1n) is 9.30. The van der Waals surface area contributed by atoms with Gasteiger partial charge >= 0.3 is 0 Å². The lowest BCUT2D eigenvalue weighted by Crippen LogP contribution is -2.29. The van der Waals surface area contributed by atoms with Gasteiger partial charge in [-0.25, -0.2) is 4.98 Å². The van der Waals surface area contributed by atoms with Crippen molar-refractivity contribution in [2.75, 3.05) is 13.1 Å². The molecule has 27 heavy (non-hydrogen) atoms. The standard InChI is InChI=1S/C22H23N3O2/c26-15-17-6-4-16(5-7-17)12-18-8-11-25(14-18)22(27)20-3-1-2-19(13-20)21-23-9-10-24-21/h1-7,9-10,13,18,26H,8,11-12,14-15H2,(H,23,24). The second-order valence-electron chi connectivity index (χ2n) is 7.10. The number of imidazole rings is 1. The molecule has 1 aromatic heterocycles. The molecule has 2 N–H and O–H groups in total. The van der Waals surface area contributed by atoms with Gasteiger partial charge < -0.3 is 15.0 Å². The highest BCUT2D eigenvalue weighted by Crippen LogP contribution is 2.24. The molecule has 2 heterocycles. The van der Waals surface area contributed by atoms with Crippen molar-refractivity contribution in [1.29, 1.82) is 0 Å². The summed E-state index contributed by atoms with van der Waals surface area (Å²) in [5, 5.41) is 9.15. The van der Waals surface area contributed by atoms with Crippen molar-refractivity contribution in [2.24, 2.45) is 5.92 Å². The lowest BCUT2D eigenvalue weighted by atomic mass is 9.98. The van der Waals surface area contributed by atoms with E-state index in [9.17, 15) is 4.79 Å². The molecule has 5 heteroatoms. The molecule has 2 aromatic carbocycles. The summed E-state index contributed by atoms with van der Waals surface area (Å²) in [7, 11) is 0. The number of rotatable bonds is 5. The summed E-state index contributed by atoms with van der Waals surface area (Å²) in [6.07, 6.45) is 5.47. The lowest BCUT2D eigenvalue weighted by Gasteiger charge is -2.17. The van der Waals surface area contributed by atoms with E-state index in [1.165, 1.54) is 5.56 Å². The van der Waals surface area contributed by atoms with Gasteiger partial charge in [-0.1, -0.05) is 36.4 Å². The second-order valence-corrected chi connectivity index (χ2v) is 7.10. The largest absolute Gasteiger partial charge is 0.392 e. The summed E-state index contributed by atoms with van der Waals surface area (Å²) in [6.45, 7) is 1.65. The predicted molar refractivity (Wildman–Crippen MR) is 104 cm³/mol. The van der Waals surface area contributed by atoms with Crippen LogP contribution in [0.25, 0.3) is 11.4 Å². The molecule has 0 saturated carbocycles. The number of aliphatic hydroxyl groups excluding tert-OH is 1. The Hall–Kier alpha value is -2.92. The molecule has 1 atom stereocenters. The molecule has 0 aliphatic carbocycles. The molecule has 0 spiro atoms. The van der Waals surface area contributed by atoms with Gasteiger partial charge in [0, 0.05) is 36.6 Å². The third kappa shape index (κ3) is 3.93. The number of carbonyl (C=O) groups excluding carboxylic acids is 1. The van der Waals surface area contributed by atoms with E-state index in [2.05, 4.69) is 22.1 Å². The number of nitrogens with zero attached hydrogens (tertiary/aromatic N) is 2. The highest BCUT2D eigenvalue weighted by Gasteiger charge is 2.27. The fourth-order valence-corrected chi connectivity index (χ4v) is 3.70. The average molecular weight is 361 g/mol. The van der Waals surface area contributed by atoms with Gasteiger partial charge in [-0.05, 0) is 42.0 Å². The number of H-pyrrole nitrogens is 1. The Labute approximate surface area is 158 Å². The van der Waals surface area contributed by atoms with Gasteiger partial charge in [-0.3, -0.25) is 4.79 Å². The first kappa shape index (κ1) is 17.5. The van der Waals surface area contributed by atoms with E-state index in [-0.39, 0.29) is 12.5 Å². The highest BCUT2D eigenvalue weighted by atomic mass is 16.3. The number of benzene rings is 2. The van der Waals surface area contributed by atoms with Gasteiger partial charge in [-0.2, -0.15) is 0 Å². The van der Waals surface area contributed by atoms with Gasteiger partial charge in [0.1, 0.15) is 5.82 Å². The maximum Gasteiger partial charge on any atom is 0.253 e. The summed E-state index contributed by atoms with van der Waals surface area (Å²) in [5.41, 5.74) is 3.81. The zero-order valence-corrected chi connectivity index (χ0v) is 15.1. The van der Waals surface area contributed by atoms with Crippen molar-refractivity contribution in [3.63, 3.8) is 0 Å². The Balaban J connectivity index is 1.41. The van der Waals surface area contributed by atoms with Crippen LogP contribution in [0.1, 0.15) is 27.9 Å². The summed E-state index contributed by atoms with van der Waals surface area (Å²) < 4.78 is 0. The van der Waals surface area contributed by atoms with Crippen molar-refractivity contribution in [2.45, 2.75) is 19.4 Å². The van der Waals surface area contributed by atoms with Crippen LogP contribution >= 0.6 is 0 Å². The van der Waals surface area contributed by atoms with E-state index in [4.69, 9.17) is 5.11 Å². The molecule has 0 bridgehead atoms. The zero-order valence-electron chi connectivity index (χ0n) is 15.1. The maximum atomic E-state index is 12.9. The van der Waals surface area contributed by atoms with E-state index in [1.54, 1.807) is 12.4 Å². The van der Waals surface area contributed by atoms with Crippen LogP contribution < -0.4 is 0 Å². The third-order valence-electron chi connectivity index (χ3n) is 5.18. The molecule has 1 aliphatic rings. The third-order valence-corrected chi connectivity index (χ3v) is 5.18. The number of aromatic nitrogens is 2. The van der Waals surface area contributed by atoms with Crippen LogP contribution in [0.4, 0.5) is 0 Å². The molecule has 1 unspecified atom stereocenters. The molecule has 4 rings (SSSR count). The average Bonchev–Trinajstić information content (AvgIpc) is 3.40. The van der Waals surface area contributed by atoms with Gasteiger partial charge in [-0.15, -0.1) is 0 Å². The molecule has 5 nitrogen and oxygen atoms in total. The Morgan fingerprint density at radius 2 is 2.00 bits per heavy atom. The Kier molecular flexibility index (Phi) is 5.03. The number of aliphatic hydroxyl groups is 1. The van der Waals surface area contributed by atoms with Crippen LogP contribution in [0, 0.1) is 5.92 Å². The van der Waals surface area contributed by atoms with E-state index < -0.39 is 0 Å². The number of likely N-dealkylation sites (tertiary alicyclic amines) is 1. The summed E-state index contributed by atoms with van der Waals surface area (Å²) in [5.74, 6) is 1.33. The van der Waals surface area contributed by atoms with Gasteiger partial charge in [0.05, 0.1) is 6.61 Å². The van der Waals surface area contributed by atoms with Crippen LogP contribution in [0.2, 0.25) is 0 Å². The first-order chi connectivity index (χ1) is 13.2. The molecule has 1 saturated heterocycles. The van der Waals surface area contributed by atoms with Crippen molar-refractivity contribution in [3.05, 3.63) is 77.6 Å². The van der Waals surface area contributed by atoms with Crippen LogP contribution in [-0.2, 0) is 13.0 Å². The van der Waals surface area contributed by atoms with Crippen LogP contribution in [0.3, 0.4) is 0 Å². The first-order valence-corrected chi connectivity index (χ1v) is 9.30. The maximum absolute atomic E-state index is 12.9. The molecule has 1 aliphatic heterocycles. The summed E-state index contributed by atoms with van der Waals surface area (Å²) in [4.78, 5) is 22.2. The van der Waals surface area contributed by atoms with Crippen LogP contribution in [0.5, 0.6) is 0 Å². The van der Waals surface area contributed by atoms with Crippen molar-refractivity contribution < 1.29 is 9.90 Å². The lowest BCUT2D eigenvalue weighted by molar-refractivity contribution is 0.0787. The molecule has 138 valence electrons. The summed E-state index contributed by atoms with van der Waals surface area (Å²) in [6, 6.07) is 15.7. The van der Waals surface area contributed by atoms with Crippen molar-refractivity contribution in [1.82, 2.24) is 14.9 Å². The highest BCUT2D eigenvalue weighted by molar-refractivity contribution is 5.95. The van der Waals surface area contributed by atoms with Crippen LogP contribution in [-0.4, -0.2) is 39.0 Å². The molecular weight excluding hydrogens is 338 g/mol. The van der Waals surface area contributed by atoms with E-state index in [0.717, 1.165) is 42.9 Å². The smallest absolute Gasteiger partial charge is 0.253 e. The number of amides is 1. The Bertz CT molecular complexity index is 904. The second kappa shape index (κ2) is 7.76. The fourth-order valence-electron chi connectivity index (χ4n) is 3.70. The van der Waals surface area contributed by atoms with Crippen molar-refractivity contribution >= 4 is 5.91 Å². The SMILES string of the molecule is O=C(c1cccc(-c2ncc[nH]2)c1)N1CCC(Cc2ccc(CO)cc2)C1. The molecule has 1 fully saturated rings. The van der Waals surface area contributed by atoms with Crippen LogP contribution in [0.15, 0.2) is 60.9 Å². The predicted octanol–water partition coefficient (Wildman–Crippen LogP) is 3.27. The molecule has 0 radical (unpaired) electrons.